The van der Waals surface area contributed by atoms with Crippen molar-refractivity contribution in [3.05, 3.63) is 102 Å². The Kier molecular flexibility index (Phi) is 5.89. The Morgan fingerprint density at radius 3 is 2.22 bits per heavy atom. The van der Waals surface area contributed by atoms with Crippen molar-refractivity contribution in [2.45, 2.75) is 6.92 Å². The highest BCUT2D eigenvalue weighted by Crippen LogP contribution is 2.23. The first-order chi connectivity index (χ1) is 15.5. The molecule has 1 heterocycles. The van der Waals surface area contributed by atoms with Crippen molar-refractivity contribution in [2.75, 3.05) is 10.6 Å². The van der Waals surface area contributed by atoms with Crippen molar-refractivity contribution in [3.63, 3.8) is 0 Å². The average molecular weight is 424 g/mol. The summed E-state index contributed by atoms with van der Waals surface area (Å²) in [4.78, 5) is 32.8. The molecule has 0 aliphatic heterocycles. The number of hydrogen-bond donors (Lipinski definition) is 3. The number of aryl methyl sites for hydroxylation is 1. The van der Waals surface area contributed by atoms with E-state index in [4.69, 9.17) is 5.11 Å². The molecule has 32 heavy (non-hydrogen) atoms. The second-order valence-corrected chi connectivity index (χ2v) is 7.10. The molecular weight excluding hydrogens is 404 g/mol. The first-order valence-corrected chi connectivity index (χ1v) is 9.91. The summed E-state index contributed by atoms with van der Waals surface area (Å²) in [5.74, 6) is -0.161. The van der Waals surface area contributed by atoms with Crippen LogP contribution in [0.15, 0.2) is 84.9 Å². The van der Waals surface area contributed by atoms with Gasteiger partial charge in [-0.05, 0) is 43.3 Å². The van der Waals surface area contributed by atoms with E-state index in [9.17, 15) is 9.59 Å². The quantitative estimate of drug-likeness (QED) is 0.396. The van der Waals surface area contributed by atoms with Gasteiger partial charge in [0.25, 0.3) is 5.91 Å². The Labute approximate surface area is 184 Å². The van der Waals surface area contributed by atoms with E-state index in [1.165, 1.54) is 12.1 Å². The van der Waals surface area contributed by atoms with Crippen molar-refractivity contribution in [1.29, 1.82) is 0 Å². The average Bonchev–Trinajstić information content (AvgIpc) is 2.79. The van der Waals surface area contributed by atoms with Crippen molar-refractivity contribution < 1.29 is 14.7 Å². The summed E-state index contributed by atoms with van der Waals surface area (Å²) in [6.45, 7) is 1.83. The summed E-state index contributed by atoms with van der Waals surface area (Å²) >= 11 is 0. The highest BCUT2D eigenvalue weighted by Gasteiger charge is 2.10. The summed E-state index contributed by atoms with van der Waals surface area (Å²) in [7, 11) is 0. The van der Waals surface area contributed by atoms with Gasteiger partial charge in [0.15, 0.2) is 0 Å². The third kappa shape index (κ3) is 4.96. The molecule has 7 heteroatoms. The van der Waals surface area contributed by atoms with E-state index in [1.807, 2.05) is 49.4 Å². The van der Waals surface area contributed by atoms with Crippen molar-refractivity contribution in [1.82, 2.24) is 9.97 Å². The molecule has 0 bridgehead atoms. The number of carboxylic acids is 1. The van der Waals surface area contributed by atoms with Gasteiger partial charge in [-0.1, -0.05) is 42.5 Å². The van der Waals surface area contributed by atoms with Crippen LogP contribution in [0, 0.1) is 6.92 Å². The van der Waals surface area contributed by atoms with Crippen LogP contribution in [0.25, 0.3) is 11.3 Å². The predicted molar refractivity (Wildman–Crippen MR) is 123 cm³/mol. The van der Waals surface area contributed by atoms with Crippen molar-refractivity contribution in [3.8, 4) is 11.3 Å². The van der Waals surface area contributed by atoms with E-state index in [0.717, 1.165) is 11.3 Å². The first kappa shape index (κ1) is 20.7. The third-order valence-electron chi connectivity index (χ3n) is 4.67. The third-order valence-corrected chi connectivity index (χ3v) is 4.67. The van der Waals surface area contributed by atoms with Crippen LogP contribution in [-0.4, -0.2) is 27.0 Å². The van der Waals surface area contributed by atoms with E-state index in [1.54, 1.807) is 30.3 Å². The van der Waals surface area contributed by atoms with Gasteiger partial charge < -0.3 is 15.7 Å². The van der Waals surface area contributed by atoms with Crippen LogP contribution in [0.5, 0.6) is 0 Å². The molecule has 0 fully saturated rings. The van der Waals surface area contributed by atoms with Crippen LogP contribution in [-0.2, 0) is 0 Å². The number of amides is 1. The number of rotatable bonds is 6. The lowest BCUT2D eigenvalue weighted by atomic mass is 10.1. The van der Waals surface area contributed by atoms with Gasteiger partial charge in [0, 0.05) is 28.6 Å². The molecule has 4 aromatic rings. The fraction of sp³-hybridized carbons (Fsp3) is 0.0400. The summed E-state index contributed by atoms with van der Waals surface area (Å²) in [5, 5.41) is 15.1. The first-order valence-electron chi connectivity index (χ1n) is 9.91. The van der Waals surface area contributed by atoms with Gasteiger partial charge >= 0.3 is 5.97 Å². The molecule has 0 radical (unpaired) electrons. The lowest BCUT2D eigenvalue weighted by molar-refractivity contribution is 0.0696. The number of benzene rings is 3. The molecule has 0 spiro atoms. The van der Waals surface area contributed by atoms with Crippen molar-refractivity contribution in [2.24, 2.45) is 0 Å². The number of aromatic carboxylic acids is 1. The maximum Gasteiger partial charge on any atom is 0.335 e. The van der Waals surface area contributed by atoms with E-state index >= 15 is 0 Å². The standard InChI is InChI=1S/C25H20N4O3/c1-16-26-22(17-7-3-2-4-8-17)15-23(27-16)28-20-11-5-9-18(13-20)24(30)29-21-12-6-10-19(14-21)25(31)32/h2-15H,1H3,(H,29,30)(H,31,32)(H,26,27,28). The number of carboxylic acid groups (broad SMARTS) is 1. The monoisotopic (exact) mass is 424 g/mol. The van der Waals surface area contributed by atoms with Crippen LogP contribution < -0.4 is 10.6 Å². The molecule has 0 unspecified atom stereocenters. The number of carbonyl (C=O) groups is 2. The Bertz CT molecular complexity index is 1290. The van der Waals surface area contributed by atoms with Gasteiger partial charge in [0.2, 0.25) is 0 Å². The van der Waals surface area contributed by atoms with Gasteiger partial charge in [0.05, 0.1) is 11.3 Å². The molecular formula is C25H20N4O3. The summed E-state index contributed by atoms with van der Waals surface area (Å²) in [5.41, 5.74) is 3.41. The molecule has 0 aliphatic carbocycles. The molecule has 1 aromatic heterocycles. The lowest BCUT2D eigenvalue weighted by Gasteiger charge is -2.11. The number of anilines is 3. The molecule has 0 aliphatic rings. The Balaban J connectivity index is 1.54. The number of nitrogens with zero attached hydrogens (tertiary/aromatic N) is 2. The van der Waals surface area contributed by atoms with E-state index in [-0.39, 0.29) is 11.5 Å². The largest absolute Gasteiger partial charge is 0.478 e. The second-order valence-electron chi connectivity index (χ2n) is 7.10. The summed E-state index contributed by atoms with van der Waals surface area (Å²) < 4.78 is 0. The summed E-state index contributed by atoms with van der Waals surface area (Å²) in [6, 6.07) is 24.8. The maximum absolute atomic E-state index is 12.7. The van der Waals surface area contributed by atoms with Gasteiger partial charge in [-0.2, -0.15) is 0 Å². The van der Waals surface area contributed by atoms with E-state index in [2.05, 4.69) is 20.6 Å². The van der Waals surface area contributed by atoms with Crippen LogP contribution in [0.1, 0.15) is 26.5 Å². The minimum absolute atomic E-state index is 0.103. The number of nitrogens with one attached hydrogen (secondary N) is 2. The normalized spacial score (nSPS) is 10.4. The Morgan fingerprint density at radius 2 is 1.47 bits per heavy atom. The molecule has 7 nitrogen and oxygen atoms in total. The fourth-order valence-corrected chi connectivity index (χ4v) is 3.21. The zero-order valence-corrected chi connectivity index (χ0v) is 17.2. The minimum atomic E-state index is -1.05. The van der Waals surface area contributed by atoms with Crippen LogP contribution in [0.4, 0.5) is 17.2 Å². The number of carbonyl (C=O) groups excluding carboxylic acids is 1. The zero-order chi connectivity index (χ0) is 22.5. The molecule has 0 saturated carbocycles. The molecule has 4 rings (SSSR count). The number of hydrogen-bond acceptors (Lipinski definition) is 5. The molecule has 3 aromatic carbocycles. The van der Waals surface area contributed by atoms with Gasteiger partial charge in [0.1, 0.15) is 11.6 Å². The molecule has 0 saturated heterocycles. The van der Waals surface area contributed by atoms with Crippen LogP contribution >= 0.6 is 0 Å². The predicted octanol–water partition coefficient (Wildman–Crippen LogP) is 5.15. The molecule has 158 valence electrons. The summed E-state index contributed by atoms with van der Waals surface area (Å²) in [6.07, 6.45) is 0. The zero-order valence-electron chi connectivity index (χ0n) is 17.2. The fourth-order valence-electron chi connectivity index (χ4n) is 3.21. The molecule has 1 amide bonds. The Hall–Kier alpha value is -4.52. The van der Waals surface area contributed by atoms with Gasteiger partial charge in [-0.25, -0.2) is 14.8 Å². The highest BCUT2D eigenvalue weighted by atomic mass is 16.4. The number of aromatic nitrogens is 2. The smallest absolute Gasteiger partial charge is 0.335 e. The van der Waals surface area contributed by atoms with Gasteiger partial charge in [-0.3, -0.25) is 4.79 Å². The highest BCUT2D eigenvalue weighted by molar-refractivity contribution is 6.05. The molecule has 3 N–H and O–H groups in total. The van der Waals surface area contributed by atoms with E-state index in [0.29, 0.717) is 28.6 Å². The van der Waals surface area contributed by atoms with E-state index < -0.39 is 5.97 Å². The van der Waals surface area contributed by atoms with Crippen molar-refractivity contribution >= 4 is 29.1 Å². The SMILES string of the molecule is Cc1nc(Nc2cccc(C(=O)Nc3cccc(C(=O)O)c3)c2)cc(-c2ccccc2)n1. The van der Waals surface area contributed by atoms with Gasteiger partial charge in [-0.15, -0.1) is 0 Å². The lowest BCUT2D eigenvalue weighted by Crippen LogP contribution is -2.12. The van der Waals surface area contributed by atoms with Crippen LogP contribution in [0.2, 0.25) is 0 Å². The molecule has 0 atom stereocenters. The Morgan fingerprint density at radius 1 is 0.781 bits per heavy atom. The minimum Gasteiger partial charge on any atom is -0.478 e. The van der Waals surface area contributed by atoms with Crippen LogP contribution in [0.3, 0.4) is 0 Å². The topological polar surface area (TPSA) is 104 Å². The second kappa shape index (κ2) is 9.09. The maximum atomic E-state index is 12.7.